The molecule has 1 heterocycles. The summed E-state index contributed by atoms with van der Waals surface area (Å²) in [5.74, 6) is 0. The predicted octanol–water partition coefficient (Wildman–Crippen LogP) is 4.98. The molecule has 0 fully saturated rings. The topological polar surface area (TPSA) is 76.6 Å². The first-order chi connectivity index (χ1) is 16.1. The highest BCUT2D eigenvalue weighted by molar-refractivity contribution is 5.99. The number of aliphatic hydroxyl groups is 1. The van der Waals surface area contributed by atoms with E-state index in [1.807, 2.05) is 91.9 Å². The zero-order valence-corrected chi connectivity index (χ0v) is 18.6. The summed E-state index contributed by atoms with van der Waals surface area (Å²) in [4.78, 5) is 32.8. The minimum absolute atomic E-state index is 0.0479. The van der Waals surface area contributed by atoms with Gasteiger partial charge in [0.05, 0.1) is 17.9 Å². The van der Waals surface area contributed by atoms with Crippen molar-refractivity contribution in [3.63, 3.8) is 0 Å². The van der Waals surface area contributed by atoms with Gasteiger partial charge in [-0.25, -0.2) is 4.79 Å². The lowest BCUT2D eigenvalue weighted by molar-refractivity contribution is 0.195. The van der Waals surface area contributed by atoms with Gasteiger partial charge >= 0.3 is 6.03 Å². The first-order valence-corrected chi connectivity index (χ1v) is 11.0. The van der Waals surface area contributed by atoms with Crippen LogP contribution in [0.5, 0.6) is 0 Å². The number of carbonyl (C=O) groups is 1. The number of pyridine rings is 1. The van der Waals surface area contributed by atoms with Crippen molar-refractivity contribution in [2.45, 2.75) is 19.9 Å². The molecule has 6 nitrogen and oxygen atoms in total. The van der Waals surface area contributed by atoms with Crippen molar-refractivity contribution in [3.8, 4) is 0 Å². The number of anilines is 2. The maximum atomic E-state index is 13.8. The number of fused-ring (bicyclic) bond motifs is 1. The van der Waals surface area contributed by atoms with Gasteiger partial charge in [-0.2, -0.15) is 0 Å². The SMILES string of the molecule is Cc1ccc2[nH]c(=O)c(CN(CCCO)C(=O)N(c3ccccc3)c3ccccc3)cc2c1. The van der Waals surface area contributed by atoms with Crippen molar-refractivity contribution in [1.82, 2.24) is 9.88 Å². The van der Waals surface area contributed by atoms with Crippen LogP contribution in [0.25, 0.3) is 10.9 Å². The number of carbonyl (C=O) groups excluding carboxylic acids is 1. The molecular formula is C27H27N3O3. The summed E-state index contributed by atoms with van der Waals surface area (Å²) < 4.78 is 0. The molecular weight excluding hydrogens is 414 g/mol. The van der Waals surface area contributed by atoms with Crippen LogP contribution in [-0.4, -0.2) is 34.2 Å². The molecule has 33 heavy (non-hydrogen) atoms. The summed E-state index contributed by atoms with van der Waals surface area (Å²) in [5.41, 5.74) is 3.59. The Morgan fingerprint density at radius 3 is 2.15 bits per heavy atom. The van der Waals surface area contributed by atoms with Gasteiger partial charge in [-0.1, -0.05) is 48.0 Å². The molecule has 0 aliphatic rings. The zero-order chi connectivity index (χ0) is 23.2. The lowest BCUT2D eigenvalue weighted by Gasteiger charge is -2.31. The normalized spacial score (nSPS) is 10.8. The van der Waals surface area contributed by atoms with E-state index in [2.05, 4.69) is 4.98 Å². The molecule has 2 amide bonds. The van der Waals surface area contributed by atoms with Gasteiger partial charge in [-0.15, -0.1) is 0 Å². The summed E-state index contributed by atoms with van der Waals surface area (Å²) in [6.45, 7) is 2.40. The van der Waals surface area contributed by atoms with E-state index in [1.54, 1.807) is 9.80 Å². The molecule has 0 aliphatic carbocycles. The van der Waals surface area contributed by atoms with Crippen LogP contribution in [-0.2, 0) is 6.54 Å². The Bertz CT molecular complexity index is 1250. The van der Waals surface area contributed by atoms with E-state index in [-0.39, 0.29) is 24.7 Å². The molecule has 0 aliphatic heterocycles. The summed E-state index contributed by atoms with van der Waals surface area (Å²) in [7, 11) is 0. The number of hydrogen-bond donors (Lipinski definition) is 2. The molecule has 0 spiro atoms. The lowest BCUT2D eigenvalue weighted by Crippen LogP contribution is -2.42. The Morgan fingerprint density at radius 1 is 0.909 bits per heavy atom. The third-order valence-corrected chi connectivity index (χ3v) is 5.51. The maximum absolute atomic E-state index is 13.8. The van der Waals surface area contributed by atoms with Crippen molar-refractivity contribution >= 4 is 28.3 Å². The minimum atomic E-state index is -0.260. The number of H-pyrrole nitrogens is 1. The average Bonchev–Trinajstić information content (AvgIpc) is 2.83. The van der Waals surface area contributed by atoms with E-state index in [0.29, 0.717) is 18.5 Å². The molecule has 0 atom stereocenters. The molecule has 3 aromatic carbocycles. The number of urea groups is 1. The van der Waals surface area contributed by atoms with Crippen molar-refractivity contribution in [1.29, 1.82) is 0 Å². The summed E-state index contributed by atoms with van der Waals surface area (Å²) >= 11 is 0. The largest absolute Gasteiger partial charge is 0.396 e. The van der Waals surface area contributed by atoms with Gasteiger partial charge in [-0.3, -0.25) is 9.69 Å². The van der Waals surface area contributed by atoms with Crippen molar-refractivity contribution in [3.05, 3.63) is 106 Å². The number of hydrogen-bond acceptors (Lipinski definition) is 3. The quantitative estimate of drug-likeness (QED) is 0.425. The van der Waals surface area contributed by atoms with E-state index < -0.39 is 0 Å². The van der Waals surface area contributed by atoms with Gasteiger partial charge in [0.15, 0.2) is 0 Å². The maximum Gasteiger partial charge on any atom is 0.329 e. The number of nitrogens with zero attached hydrogens (tertiary/aromatic N) is 2. The van der Waals surface area contributed by atoms with Gasteiger partial charge < -0.3 is 15.0 Å². The number of aryl methyl sites for hydroxylation is 1. The van der Waals surface area contributed by atoms with Crippen molar-refractivity contribution < 1.29 is 9.90 Å². The van der Waals surface area contributed by atoms with Gasteiger partial charge in [0.25, 0.3) is 5.56 Å². The first-order valence-electron chi connectivity index (χ1n) is 11.0. The molecule has 6 heteroatoms. The van der Waals surface area contributed by atoms with Crippen LogP contribution < -0.4 is 10.5 Å². The molecule has 0 saturated carbocycles. The highest BCUT2D eigenvalue weighted by atomic mass is 16.3. The number of amides is 2. The van der Waals surface area contributed by atoms with Crippen LogP contribution in [0.2, 0.25) is 0 Å². The highest BCUT2D eigenvalue weighted by Gasteiger charge is 2.24. The summed E-state index contributed by atoms with van der Waals surface area (Å²) in [6.07, 6.45) is 0.410. The van der Waals surface area contributed by atoms with E-state index >= 15 is 0 Å². The predicted molar refractivity (Wildman–Crippen MR) is 132 cm³/mol. The summed E-state index contributed by atoms with van der Waals surface area (Å²) in [6, 6.07) is 26.3. The Kier molecular flexibility index (Phi) is 6.86. The van der Waals surface area contributed by atoms with E-state index in [9.17, 15) is 14.7 Å². The number of benzene rings is 3. The second kappa shape index (κ2) is 10.1. The van der Waals surface area contributed by atoms with Gasteiger partial charge in [0, 0.05) is 24.2 Å². The molecule has 0 bridgehead atoms. The molecule has 1 aromatic heterocycles. The molecule has 2 N–H and O–H groups in total. The molecule has 0 radical (unpaired) electrons. The van der Waals surface area contributed by atoms with E-state index in [4.69, 9.17) is 0 Å². The lowest BCUT2D eigenvalue weighted by atomic mass is 10.1. The molecule has 0 saturated heterocycles. The summed E-state index contributed by atoms with van der Waals surface area (Å²) in [5, 5.41) is 10.4. The third-order valence-electron chi connectivity index (χ3n) is 5.51. The second-order valence-electron chi connectivity index (χ2n) is 8.00. The molecule has 4 aromatic rings. The number of aromatic amines is 1. The van der Waals surface area contributed by atoms with Gasteiger partial charge in [-0.05, 0) is 61.2 Å². The number of para-hydroxylation sites is 2. The van der Waals surface area contributed by atoms with E-state index in [0.717, 1.165) is 27.8 Å². The van der Waals surface area contributed by atoms with Gasteiger partial charge in [0.1, 0.15) is 0 Å². The first kappa shape index (κ1) is 22.3. The van der Waals surface area contributed by atoms with E-state index in [1.165, 1.54) is 0 Å². The van der Waals surface area contributed by atoms with Crippen LogP contribution >= 0.6 is 0 Å². The standard InChI is InChI=1S/C27H27N3O3/c1-20-13-14-25-21(17-20)18-22(26(32)28-25)19-29(15-8-16-31)27(33)30(23-9-4-2-5-10-23)24-11-6-3-7-12-24/h2-7,9-14,17-18,31H,8,15-16,19H2,1H3,(H,28,32). The third kappa shape index (κ3) is 5.13. The second-order valence-corrected chi connectivity index (χ2v) is 8.00. The number of aliphatic hydroxyl groups excluding tert-OH is 1. The fraction of sp³-hybridized carbons (Fsp3) is 0.185. The average molecular weight is 442 g/mol. The van der Waals surface area contributed by atoms with Crippen molar-refractivity contribution in [2.75, 3.05) is 18.1 Å². The number of nitrogens with one attached hydrogen (secondary N) is 1. The van der Waals surface area contributed by atoms with Crippen LogP contribution in [0.4, 0.5) is 16.2 Å². The van der Waals surface area contributed by atoms with Crippen LogP contribution in [0, 0.1) is 6.92 Å². The molecule has 4 rings (SSSR count). The van der Waals surface area contributed by atoms with Crippen molar-refractivity contribution in [2.24, 2.45) is 0 Å². The fourth-order valence-corrected chi connectivity index (χ4v) is 3.86. The van der Waals surface area contributed by atoms with Crippen LogP contribution in [0.3, 0.4) is 0 Å². The fourth-order valence-electron chi connectivity index (χ4n) is 3.86. The zero-order valence-electron chi connectivity index (χ0n) is 18.6. The Morgan fingerprint density at radius 2 is 1.55 bits per heavy atom. The number of aromatic nitrogens is 1. The molecule has 0 unspecified atom stereocenters. The minimum Gasteiger partial charge on any atom is -0.396 e. The monoisotopic (exact) mass is 441 g/mol. The smallest absolute Gasteiger partial charge is 0.329 e. The highest BCUT2D eigenvalue weighted by Crippen LogP contribution is 2.27. The van der Waals surface area contributed by atoms with Crippen LogP contribution in [0.1, 0.15) is 17.5 Å². The van der Waals surface area contributed by atoms with Gasteiger partial charge in [0.2, 0.25) is 0 Å². The Balaban J connectivity index is 1.73. The Hall–Kier alpha value is -3.90. The van der Waals surface area contributed by atoms with Crippen LogP contribution in [0.15, 0.2) is 89.7 Å². The molecule has 168 valence electrons. The Labute approximate surface area is 192 Å². The number of rotatable bonds is 7.